The minimum Gasteiger partial charge on any atom is -0.452 e. The fourth-order valence-electron chi connectivity index (χ4n) is 4.23. The number of carbonyl (C=O) groups excluding carboxylic acids is 4. The fraction of sp³-hybridized carbons (Fsp3) is 0.333. The van der Waals surface area contributed by atoms with Crippen molar-refractivity contribution < 1.29 is 23.9 Å². The zero-order valence-electron chi connectivity index (χ0n) is 17.8. The minimum atomic E-state index is -0.691. The summed E-state index contributed by atoms with van der Waals surface area (Å²) in [5.41, 5.74) is 2.16. The molecule has 0 radical (unpaired) electrons. The number of nitrogens with zero attached hydrogens (tertiary/aromatic N) is 1. The maximum absolute atomic E-state index is 12.8. The summed E-state index contributed by atoms with van der Waals surface area (Å²) in [6.45, 7) is 1.46. The molecule has 0 unspecified atom stereocenters. The molecule has 7 nitrogen and oxygen atoms in total. The minimum absolute atomic E-state index is 0.195. The highest BCUT2D eigenvalue weighted by Gasteiger charge is 2.52. The number of benzene rings is 2. The molecule has 1 saturated heterocycles. The molecular formula is C24H22Cl2N2O5. The second-order valence-corrected chi connectivity index (χ2v) is 9.39. The molecule has 2 aliphatic rings. The van der Waals surface area contributed by atoms with Gasteiger partial charge in [-0.1, -0.05) is 12.1 Å². The largest absolute Gasteiger partial charge is 0.452 e. The molecule has 4 atom stereocenters. The SMILES string of the molecule is Cc1cccc(NC(=O)COC(=O)c2ccc(N3C(=O)[C@@H]4C[C@@H](Cl)[C@@H](Cl)C[C@H]4C3=O)cc2)c1. The number of halogens is 2. The zero-order valence-corrected chi connectivity index (χ0v) is 19.3. The summed E-state index contributed by atoms with van der Waals surface area (Å²) in [7, 11) is 0. The number of alkyl halides is 2. The molecule has 172 valence electrons. The standard InChI is InChI=1S/C24H22Cl2N2O5/c1-13-3-2-4-15(9-13)27-21(29)12-33-24(32)14-5-7-16(8-6-14)28-22(30)17-10-19(25)20(26)11-18(17)23(28)31/h2-9,17-20H,10-12H2,1H3,(H,27,29)/t17-,18-,19-,20+/m1/s1. The van der Waals surface area contributed by atoms with Crippen LogP contribution in [0.25, 0.3) is 0 Å². The van der Waals surface area contributed by atoms with E-state index in [9.17, 15) is 19.2 Å². The molecule has 1 saturated carbocycles. The van der Waals surface area contributed by atoms with Gasteiger partial charge in [-0.25, -0.2) is 4.79 Å². The first kappa shape index (κ1) is 23.3. The van der Waals surface area contributed by atoms with Crippen LogP contribution in [0.5, 0.6) is 0 Å². The molecule has 0 aromatic heterocycles. The average Bonchev–Trinajstić information content (AvgIpc) is 3.02. The normalized spacial score (nSPS) is 24.4. The number of nitrogens with one attached hydrogen (secondary N) is 1. The predicted molar refractivity (Wildman–Crippen MR) is 125 cm³/mol. The van der Waals surface area contributed by atoms with E-state index in [2.05, 4.69) is 5.32 Å². The van der Waals surface area contributed by atoms with E-state index in [4.69, 9.17) is 27.9 Å². The summed E-state index contributed by atoms with van der Waals surface area (Å²) in [6.07, 6.45) is 0.715. The summed E-state index contributed by atoms with van der Waals surface area (Å²) in [5.74, 6) is -2.72. The van der Waals surface area contributed by atoms with E-state index in [1.165, 1.54) is 24.3 Å². The number of aryl methyl sites for hydroxylation is 1. The van der Waals surface area contributed by atoms with Crippen LogP contribution >= 0.6 is 23.2 Å². The van der Waals surface area contributed by atoms with Crippen LogP contribution in [0.2, 0.25) is 0 Å². The van der Waals surface area contributed by atoms with Crippen molar-refractivity contribution in [1.82, 2.24) is 0 Å². The highest BCUT2D eigenvalue weighted by Crippen LogP contribution is 2.43. The van der Waals surface area contributed by atoms with Crippen LogP contribution in [0.4, 0.5) is 11.4 Å². The van der Waals surface area contributed by atoms with E-state index in [1.54, 1.807) is 12.1 Å². The van der Waals surface area contributed by atoms with Gasteiger partial charge in [-0.05, 0) is 61.7 Å². The van der Waals surface area contributed by atoms with Crippen LogP contribution in [-0.4, -0.2) is 41.1 Å². The van der Waals surface area contributed by atoms with E-state index < -0.39 is 30.3 Å². The second kappa shape index (κ2) is 9.53. The number of amides is 3. The smallest absolute Gasteiger partial charge is 0.338 e. The van der Waals surface area contributed by atoms with Crippen LogP contribution < -0.4 is 10.2 Å². The Balaban J connectivity index is 1.37. The fourth-order valence-corrected chi connectivity index (χ4v) is 4.82. The lowest BCUT2D eigenvalue weighted by atomic mass is 9.80. The van der Waals surface area contributed by atoms with Crippen LogP contribution in [-0.2, 0) is 19.1 Å². The highest BCUT2D eigenvalue weighted by atomic mass is 35.5. The average molecular weight is 489 g/mol. The van der Waals surface area contributed by atoms with E-state index >= 15 is 0 Å². The lowest BCUT2D eigenvalue weighted by Crippen LogP contribution is -2.34. The summed E-state index contributed by atoms with van der Waals surface area (Å²) in [6, 6.07) is 13.2. The van der Waals surface area contributed by atoms with Crippen LogP contribution in [0.3, 0.4) is 0 Å². The van der Waals surface area contributed by atoms with Crippen LogP contribution in [0.1, 0.15) is 28.8 Å². The molecule has 2 aromatic rings. The molecule has 1 N–H and O–H groups in total. The number of anilines is 2. The van der Waals surface area contributed by atoms with Gasteiger partial charge in [0.25, 0.3) is 5.91 Å². The number of ether oxygens (including phenoxy) is 1. The quantitative estimate of drug-likeness (QED) is 0.391. The molecule has 2 aromatic carbocycles. The third-order valence-electron chi connectivity index (χ3n) is 5.91. The van der Waals surface area contributed by atoms with Crippen molar-refractivity contribution in [3.63, 3.8) is 0 Å². The van der Waals surface area contributed by atoms with Gasteiger partial charge in [-0.15, -0.1) is 23.2 Å². The molecule has 4 rings (SSSR count). The molecule has 1 aliphatic carbocycles. The maximum atomic E-state index is 12.8. The number of fused-ring (bicyclic) bond motifs is 1. The van der Waals surface area contributed by atoms with Gasteiger partial charge < -0.3 is 10.1 Å². The zero-order chi connectivity index (χ0) is 23.7. The Kier molecular flexibility index (Phi) is 6.72. The molecule has 0 bridgehead atoms. The highest BCUT2D eigenvalue weighted by molar-refractivity contribution is 6.31. The number of esters is 1. The number of hydrogen-bond acceptors (Lipinski definition) is 5. The second-order valence-electron chi connectivity index (χ2n) is 8.27. The van der Waals surface area contributed by atoms with Gasteiger partial charge in [0, 0.05) is 5.69 Å². The van der Waals surface area contributed by atoms with Crippen LogP contribution in [0.15, 0.2) is 48.5 Å². The Morgan fingerprint density at radius 1 is 1.00 bits per heavy atom. The first-order valence-corrected chi connectivity index (χ1v) is 11.4. The van der Waals surface area contributed by atoms with Crippen molar-refractivity contribution in [2.75, 3.05) is 16.8 Å². The van der Waals surface area contributed by atoms with Crippen molar-refractivity contribution in [2.24, 2.45) is 11.8 Å². The molecule has 33 heavy (non-hydrogen) atoms. The summed E-state index contributed by atoms with van der Waals surface area (Å²) < 4.78 is 5.07. The monoisotopic (exact) mass is 488 g/mol. The molecule has 2 fully saturated rings. The predicted octanol–water partition coefficient (Wildman–Crippen LogP) is 3.90. The Labute approximate surface area is 201 Å². The van der Waals surface area contributed by atoms with Gasteiger partial charge in [-0.2, -0.15) is 0 Å². The number of imide groups is 1. The Bertz CT molecular complexity index is 1080. The van der Waals surface area contributed by atoms with Gasteiger partial charge >= 0.3 is 5.97 Å². The van der Waals surface area contributed by atoms with Crippen LogP contribution in [0, 0.1) is 18.8 Å². The van der Waals surface area contributed by atoms with E-state index in [-0.39, 0.29) is 28.1 Å². The van der Waals surface area contributed by atoms with Gasteiger partial charge in [0.15, 0.2) is 6.61 Å². The molecule has 1 aliphatic heterocycles. The van der Waals surface area contributed by atoms with Gasteiger partial charge in [-0.3, -0.25) is 19.3 Å². The van der Waals surface area contributed by atoms with Gasteiger partial charge in [0.2, 0.25) is 11.8 Å². The van der Waals surface area contributed by atoms with E-state index in [0.29, 0.717) is 24.2 Å². The summed E-state index contributed by atoms with van der Waals surface area (Å²) >= 11 is 12.4. The van der Waals surface area contributed by atoms with Gasteiger partial charge in [0.1, 0.15) is 0 Å². The van der Waals surface area contributed by atoms with Crippen molar-refractivity contribution in [3.8, 4) is 0 Å². The topological polar surface area (TPSA) is 92.8 Å². The van der Waals surface area contributed by atoms with Crippen molar-refractivity contribution in [3.05, 3.63) is 59.7 Å². The molecular weight excluding hydrogens is 467 g/mol. The van der Waals surface area contributed by atoms with E-state index in [0.717, 1.165) is 10.5 Å². The third kappa shape index (κ3) is 4.89. The number of carbonyl (C=O) groups is 4. The number of rotatable bonds is 5. The molecule has 1 heterocycles. The van der Waals surface area contributed by atoms with E-state index in [1.807, 2.05) is 19.1 Å². The first-order valence-electron chi connectivity index (χ1n) is 10.5. The molecule has 0 spiro atoms. The molecule has 3 amide bonds. The lowest BCUT2D eigenvalue weighted by Gasteiger charge is -2.28. The number of hydrogen-bond donors (Lipinski definition) is 1. The summed E-state index contributed by atoms with van der Waals surface area (Å²) in [5, 5.41) is 1.95. The van der Waals surface area contributed by atoms with Crippen molar-refractivity contribution >= 4 is 58.3 Å². The Hall–Kier alpha value is -2.90. The third-order valence-corrected chi connectivity index (χ3v) is 7.00. The Morgan fingerprint density at radius 3 is 2.18 bits per heavy atom. The van der Waals surface area contributed by atoms with Gasteiger partial charge in [0.05, 0.1) is 33.8 Å². The Morgan fingerprint density at radius 2 is 1.61 bits per heavy atom. The summed E-state index contributed by atoms with van der Waals surface area (Å²) in [4.78, 5) is 51.2. The first-order chi connectivity index (χ1) is 15.7. The van der Waals surface area contributed by atoms with Crippen molar-refractivity contribution in [2.45, 2.75) is 30.5 Å². The lowest BCUT2D eigenvalue weighted by molar-refractivity contribution is -0.122. The van der Waals surface area contributed by atoms with Crippen molar-refractivity contribution in [1.29, 1.82) is 0 Å². The maximum Gasteiger partial charge on any atom is 0.338 e. The molecule has 9 heteroatoms.